The van der Waals surface area contributed by atoms with Gasteiger partial charge in [0.25, 0.3) is 5.91 Å². The molecular weight excluding hydrogens is 511 g/mol. The first-order valence-corrected chi connectivity index (χ1v) is 11.0. The summed E-state index contributed by atoms with van der Waals surface area (Å²) in [6.45, 7) is 1.42. The molecule has 0 N–H and O–H groups in total. The molecule has 2 aliphatic rings. The van der Waals surface area contributed by atoms with E-state index in [1.165, 1.54) is 12.1 Å². The summed E-state index contributed by atoms with van der Waals surface area (Å²) in [5.74, 6) is -2.08. The van der Waals surface area contributed by atoms with Crippen molar-refractivity contribution in [3.8, 4) is 11.6 Å². The van der Waals surface area contributed by atoms with Crippen molar-refractivity contribution in [3.05, 3.63) is 35.2 Å². The molecule has 15 heteroatoms. The molecule has 0 saturated carbocycles. The second-order valence-corrected chi connectivity index (χ2v) is 7.87. The molecule has 0 atom stereocenters. The van der Waals surface area contributed by atoms with Crippen molar-refractivity contribution in [2.45, 2.75) is 13.3 Å². The van der Waals surface area contributed by atoms with Crippen LogP contribution in [-0.4, -0.2) is 78.5 Å². The lowest BCUT2D eigenvalue weighted by atomic mass is 10.2. The van der Waals surface area contributed by atoms with Gasteiger partial charge in [-0.3, -0.25) is 14.5 Å². The van der Waals surface area contributed by atoms with Gasteiger partial charge in [0.1, 0.15) is 30.2 Å². The zero-order valence-electron chi connectivity index (χ0n) is 18.7. The van der Waals surface area contributed by atoms with E-state index in [0.717, 1.165) is 27.1 Å². The summed E-state index contributed by atoms with van der Waals surface area (Å²) in [5.41, 5.74) is -0.287. The average molecular weight is 530 g/mol. The van der Waals surface area contributed by atoms with Crippen molar-refractivity contribution in [2.24, 2.45) is 0 Å². The number of rotatable bonds is 6. The number of urea groups is 1. The predicted molar refractivity (Wildman–Crippen MR) is 118 cm³/mol. The summed E-state index contributed by atoms with van der Waals surface area (Å²) >= 11 is 6.04. The molecule has 192 valence electrons. The van der Waals surface area contributed by atoms with Crippen LogP contribution < -0.4 is 19.3 Å². The molecule has 3 heterocycles. The van der Waals surface area contributed by atoms with Gasteiger partial charge < -0.3 is 24.0 Å². The Hall–Kier alpha value is -3.81. The van der Waals surface area contributed by atoms with E-state index in [9.17, 15) is 27.6 Å². The fraction of sp³-hybridized carbons (Fsp3) is 0.381. The number of nitrogens with zero attached hydrogens (tertiary/aromatic N) is 5. The Morgan fingerprint density at radius 3 is 2.67 bits per heavy atom. The molecule has 1 aromatic carbocycles. The SMILES string of the molecule is CCOC(=O)CN1CCN(c2ccc(N3CCOc4ncnc(Cl)c4C3=O)cc2OC(F)(F)F)C1=O. The smallest absolute Gasteiger partial charge is 0.475 e. The fourth-order valence-electron chi connectivity index (χ4n) is 3.77. The maximum Gasteiger partial charge on any atom is 0.573 e. The van der Waals surface area contributed by atoms with Crippen molar-refractivity contribution in [2.75, 3.05) is 49.2 Å². The van der Waals surface area contributed by atoms with E-state index in [-0.39, 0.29) is 67.4 Å². The van der Waals surface area contributed by atoms with Gasteiger partial charge in [0.2, 0.25) is 5.88 Å². The van der Waals surface area contributed by atoms with Crippen LogP contribution in [0.2, 0.25) is 5.15 Å². The number of hydrogen-bond donors (Lipinski definition) is 0. The van der Waals surface area contributed by atoms with Gasteiger partial charge in [-0.25, -0.2) is 14.8 Å². The maximum atomic E-state index is 13.3. The molecule has 2 aliphatic heterocycles. The van der Waals surface area contributed by atoms with E-state index in [0.29, 0.717) is 0 Å². The summed E-state index contributed by atoms with van der Waals surface area (Å²) in [5, 5.41) is -0.176. The summed E-state index contributed by atoms with van der Waals surface area (Å²) in [6.07, 6.45) is -3.97. The van der Waals surface area contributed by atoms with Crippen LogP contribution >= 0.6 is 11.6 Å². The van der Waals surface area contributed by atoms with Crippen molar-refractivity contribution >= 4 is 40.9 Å². The summed E-state index contributed by atoms with van der Waals surface area (Å²) in [6, 6.07) is 2.89. The first-order valence-electron chi connectivity index (χ1n) is 10.7. The highest BCUT2D eigenvalue weighted by atomic mass is 35.5. The second kappa shape index (κ2) is 10.0. The van der Waals surface area contributed by atoms with Gasteiger partial charge in [-0.05, 0) is 19.1 Å². The second-order valence-electron chi connectivity index (χ2n) is 7.51. The van der Waals surface area contributed by atoms with Crippen molar-refractivity contribution in [1.29, 1.82) is 0 Å². The lowest BCUT2D eigenvalue weighted by Gasteiger charge is -2.25. The Morgan fingerprint density at radius 2 is 1.94 bits per heavy atom. The van der Waals surface area contributed by atoms with Crippen molar-refractivity contribution < 1.29 is 41.8 Å². The molecule has 11 nitrogen and oxygen atoms in total. The number of aromatic nitrogens is 2. The van der Waals surface area contributed by atoms with E-state index < -0.39 is 30.0 Å². The van der Waals surface area contributed by atoms with Crippen LogP contribution in [0, 0.1) is 0 Å². The third-order valence-electron chi connectivity index (χ3n) is 5.27. The standard InChI is InChI=1S/C21H19ClF3N5O6/c1-2-34-15(31)10-28-5-6-30(20(28)33)13-4-3-12(9-14(13)36-21(23,24)25)29-7-8-35-18-16(19(29)32)17(22)26-11-27-18/h3-4,9,11H,2,5-8,10H2,1H3. The Kier molecular flexibility index (Phi) is 7.06. The number of hydrogen-bond acceptors (Lipinski definition) is 8. The van der Waals surface area contributed by atoms with Crippen LogP contribution in [0.1, 0.15) is 17.3 Å². The number of ether oxygens (including phenoxy) is 3. The van der Waals surface area contributed by atoms with E-state index in [1.54, 1.807) is 6.92 Å². The monoisotopic (exact) mass is 529 g/mol. The highest BCUT2D eigenvalue weighted by Crippen LogP contribution is 2.39. The average Bonchev–Trinajstić information content (AvgIpc) is 3.05. The van der Waals surface area contributed by atoms with Gasteiger partial charge in [-0.15, -0.1) is 13.2 Å². The van der Waals surface area contributed by atoms with Gasteiger partial charge in [-0.2, -0.15) is 0 Å². The quantitative estimate of drug-likeness (QED) is 0.414. The Balaban J connectivity index is 1.67. The zero-order valence-corrected chi connectivity index (χ0v) is 19.5. The highest BCUT2D eigenvalue weighted by Gasteiger charge is 2.38. The normalized spacial score (nSPS) is 16.0. The third kappa shape index (κ3) is 5.22. The van der Waals surface area contributed by atoms with Crippen LogP contribution in [0.15, 0.2) is 24.5 Å². The zero-order chi connectivity index (χ0) is 26.0. The van der Waals surface area contributed by atoms with Gasteiger partial charge in [-0.1, -0.05) is 11.6 Å². The Morgan fingerprint density at radius 1 is 1.17 bits per heavy atom. The largest absolute Gasteiger partial charge is 0.573 e. The van der Waals surface area contributed by atoms with Crippen molar-refractivity contribution in [3.63, 3.8) is 0 Å². The molecule has 36 heavy (non-hydrogen) atoms. The van der Waals surface area contributed by atoms with E-state index in [1.807, 2.05) is 0 Å². The van der Waals surface area contributed by atoms with E-state index in [2.05, 4.69) is 14.7 Å². The number of carbonyl (C=O) groups excluding carboxylic acids is 3. The van der Waals surface area contributed by atoms with Crippen LogP contribution in [0.3, 0.4) is 0 Å². The number of alkyl halides is 3. The van der Waals surface area contributed by atoms with Crippen LogP contribution in [0.4, 0.5) is 29.3 Å². The molecule has 3 amide bonds. The number of benzene rings is 1. The van der Waals surface area contributed by atoms with Gasteiger partial charge >= 0.3 is 18.4 Å². The van der Waals surface area contributed by atoms with Crippen LogP contribution in [0.5, 0.6) is 11.6 Å². The van der Waals surface area contributed by atoms with Gasteiger partial charge in [0.15, 0.2) is 5.75 Å². The first kappa shape index (κ1) is 25.3. The molecule has 1 fully saturated rings. The molecule has 0 radical (unpaired) electrons. The van der Waals surface area contributed by atoms with Crippen LogP contribution in [0.25, 0.3) is 0 Å². The number of esters is 1. The minimum Gasteiger partial charge on any atom is -0.475 e. The number of halogens is 4. The Labute approximate surface area is 207 Å². The van der Waals surface area contributed by atoms with Gasteiger partial charge in [0, 0.05) is 24.8 Å². The summed E-state index contributed by atoms with van der Waals surface area (Å²) in [4.78, 5) is 48.7. The fourth-order valence-corrected chi connectivity index (χ4v) is 3.98. The van der Waals surface area contributed by atoms with Crippen LogP contribution in [-0.2, 0) is 9.53 Å². The molecule has 0 spiro atoms. The van der Waals surface area contributed by atoms with E-state index >= 15 is 0 Å². The lowest BCUT2D eigenvalue weighted by molar-refractivity contribution is -0.274. The minimum absolute atomic E-state index is 0.00259. The minimum atomic E-state index is -5.09. The number of anilines is 2. The molecule has 0 aliphatic carbocycles. The van der Waals surface area contributed by atoms with Gasteiger partial charge in [0.05, 0.1) is 18.8 Å². The molecule has 1 aromatic heterocycles. The number of amides is 3. The molecule has 0 bridgehead atoms. The Bertz CT molecular complexity index is 1200. The number of fused-ring (bicyclic) bond motifs is 1. The maximum absolute atomic E-state index is 13.3. The first-order chi connectivity index (χ1) is 17.1. The van der Waals surface area contributed by atoms with Crippen molar-refractivity contribution in [1.82, 2.24) is 14.9 Å². The topological polar surface area (TPSA) is 114 Å². The predicted octanol–water partition coefficient (Wildman–Crippen LogP) is 2.87. The lowest BCUT2D eigenvalue weighted by Crippen LogP contribution is -2.36. The number of carbonyl (C=O) groups is 3. The summed E-state index contributed by atoms with van der Waals surface area (Å²) in [7, 11) is 0. The van der Waals surface area contributed by atoms with E-state index in [4.69, 9.17) is 21.1 Å². The molecule has 1 saturated heterocycles. The molecule has 2 aromatic rings. The highest BCUT2D eigenvalue weighted by molar-refractivity contribution is 6.33. The molecular formula is C21H19ClF3N5O6. The third-order valence-corrected chi connectivity index (χ3v) is 5.56. The summed E-state index contributed by atoms with van der Waals surface area (Å²) < 4.78 is 54.3. The molecule has 0 unspecified atom stereocenters. The molecule has 4 rings (SSSR count).